The number of rotatable bonds is 2. The number of carbonyl (C=O) groups is 2. The van der Waals surface area contributed by atoms with Gasteiger partial charge in [-0.15, -0.1) is 4.91 Å². The summed E-state index contributed by atoms with van der Waals surface area (Å²) in [4.78, 5) is 28.5. The Bertz CT molecular complexity index is 507. The molecular weight excluding hydrogens is 278 g/mol. The Balaban J connectivity index is 0.000000322. The van der Waals surface area contributed by atoms with E-state index in [0.29, 0.717) is 11.1 Å². The standard InChI is InChI=1S/2C7H6O2.HNO2/c2*8-7(9)6-4-2-1-3-5-6;2-1-3/h2*1-5H,(H,8,9);(H,2,3). The van der Waals surface area contributed by atoms with Crippen LogP contribution in [0.2, 0.25) is 0 Å². The van der Waals surface area contributed by atoms with E-state index < -0.39 is 11.9 Å². The summed E-state index contributed by atoms with van der Waals surface area (Å²) in [7, 11) is 0. The summed E-state index contributed by atoms with van der Waals surface area (Å²) >= 11 is 0. The number of hydrogen-bond donors (Lipinski definition) is 3. The highest BCUT2D eigenvalue weighted by Gasteiger charge is 1.97. The van der Waals surface area contributed by atoms with E-state index in [1.165, 1.54) is 5.34 Å². The zero-order chi connectivity index (χ0) is 16.1. The van der Waals surface area contributed by atoms with Crippen molar-refractivity contribution in [3.05, 3.63) is 76.7 Å². The lowest BCUT2D eigenvalue weighted by atomic mass is 10.2. The quantitative estimate of drug-likeness (QED) is 0.577. The summed E-state index contributed by atoms with van der Waals surface area (Å²) in [6, 6.07) is 16.6. The number of carboxylic acid groups (broad SMARTS) is 2. The Labute approximate surface area is 120 Å². The first kappa shape index (κ1) is 17.8. The molecule has 0 fully saturated rings. The molecule has 0 aliphatic rings. The second-order valence-electron chi connectivity index (χ2n) is 3.42. The SMILES string of the molecule is O=C(O)c1ccccc1.O=C(O)c1ccccc1.O=NO. The Morgan fingerprint density at radius 2 is 0.952 bits per heavy atom. The average Bonchev–Trinajstić information content (AvgIpc) is 2.50. The van der Waals surface area contributed by atoms with E-state index in [2.05, 4.69) is 0 Å². The number of nitrogens with zero attached hydrogens (tertiary/aromatic N) is 1. The van der Waals surface area contributed by atoms with Crippen molar-refractivity contribution in [1.82, 2.24) is 0 Å². The number of aromatic carboxylic acids is 2. The molecule has 0 aromatic heterocycles. The van der Waals surface area contributed by atoms with Gasteiger partial charge in [0.05, 0.1) is 11.1 Å². The first-order valence-electron chi connectivity index (χ1n) is 5.56. The lowest BCUT2D eigenvalue weighted by molar-refractivity contribution is 0.0686. The minimum absolute atomic E-state index is 0.331. The van der Waals surface area contributed by atoms with E-state index in [4.69, 9.17) is 20.3 Å². The van der Waals surface area contributed by atoms with Gasteiger partial charge in [-0.2, -0.15) is 0 Å². The summed E-state index contributed by atoms with van der Waals surface area (Å²) < 4.78 is 0. The molecule has 2 rings (SSSR count). The molecule has 7 heteroatoms. The second kappa shape index (κ2) is 10.7. The summed E-state index contributed by atoms with van der Waals surface area (Å²) in [6.07, 6.45) is 0. The monoisotopic (exact) mass is 291 g/mol. The Hall–Kier alpha value is -3.22. The molecule has 0 aliphatic heterocycles. The van der Waals surface area contributed by atoms with Crippen LogP contribution in [-0.4, -0.2) is 27.4 Å². The number of carboxylic acids is 2. The molecule has 0 amide bonds. The summed E-state index contributed by atoms with van der Waals surface area (Å²) in [5.74, 6) is -1.76. The molecule has 0 heterocycles. The molecule has 0 aliphatic carbocycles. The van der Waals surface area contributed by atoms with Gasteiger partial charge in [0.2, 0.25) is 0 Å². The average molecular weight is 291 g/mol. The molecule has 2 aromatic carbocycles. The molecule has 0 saturated heterocycles. The molecule has 0 radical (unpaired) electrons. The maximum absolute atomic E-state index is 10.2. The fraction of sp³-hybridized carbons (Fsp3) is 0. The van der Waals surface area contributed by atoms with Crippen LogP contribution < -0.4 is 0 Å². The van der Waals surface area contributed by atoms with Crippen LogP contribution in [-0.2, 0) is 0 Å². The van der Waals surface area contributed by atoms with Gasteiger partial charge in [0.15, 0.2) is 5.34 Å². The van der Waals surface area contributed by atoms with Crippen molar-refractivity contribution in [3.63, 3.8) is 0 Å². The van der Waals surface area contributed by atoms with Gasteiger partial charge in [0.25, 0.3) is 0 Å². The van der Waals surface area contributed by atoms with E-state index in [-0.39, 0.29) is 0 Å². The lowest BCUT2D eigenvalue weighted by Gasteiger charge is -1.88. The van der Waals surface area contributed by atoms with Crippen LogP contribution in [0, 0.1) is 4.91 Å². The van der Waals surface area contributed by atoms with Crippen LogP contribution in [0.25, 0.3) is 0 Å². The van der Waals surface area contributed by atoms with Crippen LogP contribution in [0.15, 0.2) is 66.0 Å². The van der Waals surface area contributed by atoms with E-state index in [0.717, 1.165) is 0 Å². The van der Waals surface area contributed by atoms with E-state index >= 15 is 0 Å². The maximum atomic E-state index is 10.2. The summed E-state index contributed by atoms with van der Waals surface area (Å²) in [5.41, 5.74) is 0.662. The summed E-state index contributed by atoms with van der Waals surface area (Å²) in [5, 5.41) is 24.7. The Kier molecular flexibility index (Phi) is 9.04. The third-order valence-electron chi connectivity index (χ3n) is 2.04. The van der Waals surface area contributed by atoms with Crippen molar-refractivity contribution in [2.24, 2.45) is 5.34 Å². The Morgan fingerprint density at radius 1 is 0.714 bits per heavy atom. The summed E-state index contributed by atoms with van der Waals surface area (Å²) in [6.45, 7) is 0. The molecule has 7 nitrogen and oxygen atoms in total. The normalized spacial score (nSPS) is 8.19. The minimum atomic E-state index is -0.879. The predicted octanol–water partition coefficient (Wildman–Crippen LogP) is 2.91. The largest absolute Gasteiger partial charge is 0.478 e. The van der Waals surface area contributed by atoms with Crippen LogP contribution in [0.4, 0.5) is 0 Å². The van der Waals surface area contributed by atoms with Gasteiger partial charge in [-0.25, -0.2) is 9.59 Å². The number of hydrogen-bond acceptors (Lipinski definition) is 4. The van der Waals surface area contributed by atoms with Crippen LogP contribution in [0.3, 0.4) is 0 Å². The fourth-order valence-electron chi connectivity index (χ4n) is 1.16. The van der Waals surface area contributed by atoms with Crippen molar-refractivity contribution in [3.8, 4) is 0 Å². The number of benzene rings is 2. The van der Waals surface area contributed by atoms with E-state index in [1.807, 2.05) is 0 Å². The zero-order valence-electron chi connectivity index (χ0n) is 10.8. The molecular formula is C14H13NO6. The van der Waals surface area contributed by atoms with Crippen LogP contribution in [0.5, 0.6) is 0 Å². The van der Waals surface area contributed by atoms with Gasteiger partial charge in [-0.1, -0.05) is 36.4 Å². The molecule has 0 atom stereocenters. The highest BCUT2D eigenvalue weighted by Crippen LogP contribution is 1.96. The van der Waals surface area contributed by atoms with E-state index in [9.17, 15) is 9.59 Å². The van der Waals surface area contributed by atoms with Crippen molar-refractivity contribution in [2.75, 3.05) is 0 Å². The second-order valence-corrected chi connectivity index (χ2v) is 3.42. The highest BCUT2D eigenvalue weighted by atomic mass is 16.6. The predicted molar refractivity (Wildman–Crippen MR) is 74.4 cm³/mol. The highest BCUT2D eigenvalue weighted by molar-refractivity contribution is 5.87. The smallest absolute Gasteiger partial charge is 0.335 e. The van der Waals surface area contributed by atoms with Crippen LogP contribution >= 0.6 is 0 Å². The van der Waals surface area contributed by atoms with Gasteiger partial charge in [0.1, 0.15) is 0 Å². The van der Waals surface area contributed by atoms with Crippen molar-refractivity contribution in [2.45, 2.75) is 0 Å². The lowest BCUT2D eigenvalue weighted by Crippen LogP contribution is -1.93. The van der Waals surface area contributed by atoms with Gasteiger partial charge < -0.3 is 15.4 Å². The topological polar surface area (TPSA) is 124 Å². The molecule has 2 aromatic rings. The third kappa shape index (κ3) is 8.49. The molecule has 0 saturated carbocycles. The van der Waals surface area contributed by atoms with E-state index in [1.54, 1.807) is 60.7 Å². The van der Waals surface area contributed by atoms with Gasteiger partial charge >= 0.3 is 11.9 Å². The van der Waals surface area contributed by atoms with Gasteiger partial charge in [-0.05, 0) is 24.3 Å². The van der Waals surface area contributed by atoms with Crippen molar-refractivity contribution in [1.29, 1.82) is 0 Å². The van der Waals surface area contributed by atoms with Crippen LogP contribution in [0.1, 0.15) is 20.7 Å². The fourth-order valence-corrected chi connectivity index (χ4v) is 1.16. The molecule has 21 heavy (non-hydrogen) atoms. The van der Waals surface area contributed by atoms with Gasteiger partial charge in [0, 0.05) is 0 Å². The van der Waals surface area contributed by atoms with Crippen molar-refractivity contribution < 1.29 is 25.0 Å². The zero-order valence-corrected chi connectivity index (χ0v) is 10.8. The van der Waals surface area contributed by atoms with Crippen molar-refractivity contribution >= 4 is 11.9 Å². The molecule has 0 spiro atoms. The molecule has 0 unspecified atom stereocenters. The molecule has 110 valence electrons. The first-order chi connectivity index (χ1) is 10.0. The third-order valence-corrected chi connectivity index (χ3v) is 2.04. The molecule has 3 N–H and O–H groups in total. The molecule has 0 bridgehead atoms. The van der Waals surface area contributed by atoms with Gasteiger partial charge in [-0.3, -0.25) is 0 Å². The minimum Gasteiger partial charge on any atom is -0.478 e. The maximum Gasteiger partial charge on any atom is 0.335 e. The Morgan fingerprint density at radius 3 is 1.10 bits per heavy atom. The first-order valence-corrected chi connectivity index (χ1v) is 5.56.